The minimum atomic E-state index is 0.0683. The number of amides is 1. The Hall–Kier alpha value is -1.26. The molecule has 1 amide bonds. The van der Waals surface area contributed by atoms with E-state index in [1.807, 2.05) is 4.90 Å². The van der Waals surface area contributed by atoms with Gasteiger partial charge in [-0.1, -0.05) is 5.11 Å². The van der Waals surface area contributed by atoms with E-state index in [-0.39, 0.29) is 17.9 Å². The molecule has 0 N–H and O–H groups in total. The number of likely N-dealkylation sites (tertiary alicyclic amines) is 1. The van der Waals surface area contributed by atoms with Crippen molar-refractivity contribution < 1.29 is 9.53 Å². The summed E-state index contributed by atoms with van der Waals surface area (Å²) in [7, 11) is 0. The second-order valence-corrected chi connectivity index (χ2v) is 4.65. The molecule has 0 atom stereocenters. The summed E-state index contributed by atoms with van der Waals surface area (Å²) in [6.45, 7) is 2.84. The van der Waals surface area contributed by atoms with Gasteiger partial charge in [0.1, 0.15) is 0 Å². The van der Waals surface area contributed by atoms with Gasteiger partial charge in [-0.25, -0.2) is 0 Å². The molecule has 0 aromatic rings. The quantitative estimate of drug-likeness (QED) is 0.417. The molecule has 0 bridgehead atoms. The minimum Gasteiger partial charge on any atom is -0.381 e. The van der Waals surface area contributed by atoms with Crippen LogP contribution in [0.5, 0.6) is 0 Å². The maximum atomic E-state index is 12.2. The Kier molecular flexibility index (Phi) is 4.23. The fraction of sp³-hybridized carbons (Fsp3) is 0.909. The molecule has 2 saturated heterocycles. The predicted octanol–water partition coefficient (Wildman–Crippen LogP) is 1.71. The molecule has 0 aromatic heterocycles. The first kappa shape index (κ1) is 12.2. The first-order chi connectivity index (χ1) is 8.31. The Balaban J connectivity index is 1.83. The van der Waals surface area contributed by atoms with Crippen LogP contribution in [0.15, 0.2) is 5.11 Å². The summed E-state index contributed by atoms with van der Waals surface area (Å²) in [6.07, 6.45) is 3.27. The Bertz CT molecular complexity index is 313. The largest absolute Gasteiger partial charge is 0.381 e. The molecular formula is C11H18N4O2. The van der Waals surface area contributed by atoms with Crippen molar-refractivity contribution in [3.05, 3.63) is 10.4 Å². The second-order valence-electron chi connectivity index (χ2n) is 4.65. The zero-order valence-electron chi connectivity index (χ0n) is 9.92. The van der Waals surface area contributed by atoms with Crippen molar-refractivity contribution in [3.63, 3.8) is 0 Å². The van der Waals surface area contributed by atoms with Crippen molar-refractivity contribution in [1.29, 1.82) is 0 Å². The fourth-order valence-electron chi connectivity index (χ4n) is 2.48. The molecule has 2 fully saturated rings. The van der Waals surface area contributed by atoms with E-state index < -0.39 is 0 Å². The number of nitrogens with zero attached hydrogens (tertiary/aromatic N) is 4. The van der Waals surface area contributed by atoms with Crippen LogP contribution in [0.2, 0.25) is 0 Å². The highest BCUT2D eigenvalue weighted by Crippen LogP contribution is 2.21. The predicted molar refractivity (Wildman–Crippen MR) is 62.3 cm³/mol. The summed E-state index contributed by atoms with van der Waals surface area (Å²) < 4.78 is 5.26. The molecule has 0 spiro atoms. The van der Waals surface area contributed by atoms with Crippen LogP contribution in [0.4, 0.5) is 0 Å². The summed E-state index contributed by atoms with van der Waals surface area (Å²) in [6, 6.07) is 0.0683. The smallest absolute Gasteiger partial charge is 0.225 e. The highest BCUT2D eigenvalue weighted by Gasteiger charge is 2.28. The normalized spacial score (nSPS) is 23.2. The molecule has 0 radical (unpaired) electrons. The van der Waals surface area contributed by atoms with Crippen LogP contribution in [0.3, 0.4) is 0 Å². The van der Waals surface area contributed by atoms with Gasteiger partial charge in [0.05, 0.1) is 0 Å². The van der Waals surface area contributed by atoms with Crippen LogP contribution in [0.25, 0.3) is 10.4 Å². The average Bonchev–Trinajstić information content (AvgIpc) is 2.40. The van der Waals surface area contributed by atoms with E-state index in [1.165, 1.54) is 0 Å². The van der Waals surface area contributed by atoms with E-state index in [9.17, 15) is 4.79 Å². The third-order valence-electron chi connectivity index (χ3n) is 3.56. The van der Waals surface area contributed by atoms with E-state index in [4.69, 9.17) is 10.3 Å². The zero-order valence-corrected chi connectivity index (χ0v) is 9.92. The number of ether oxygens (including phenoxy) is 1. The molecule has 2 rings (SSSR count). The highest BCUT2D eigenvalue weighted by atomic mass is 16.5. The van der Waals surface area contributed by atoms with Crippen molar-refractivity contribution in [2.24, 2.45) is 11.0 Å². The van der Waals surface area contributed by atoms with Gasteiger partial charge >= 0.3 is 0 Å². The van der Waals surface area contributed by atoms with Gasteiger partial charge in [-0.15, -0.1) is 0 Å². The van der Waals surface area contributed by atoms with Gasteiger partial charge in [-0.05, 0) is 31.2 Å². The van der Waals surface area contributed by atoms with Crippen LogP contribution >= 0.6 is 0 Å². The summed E-state index contributed by atoms with van der Waals surface area (Å²) >= 11 is 0. The SMILES string of the molecule is [N-]=[N+]=NC1CCN(C(=O)C2CCOCC2)CC1. The van der Waals surface area contributed by atoms with E-state index in [2.05, 4.69) is 10.0 Å². The topological polar surface area (TPSA) is 78.3 Å². The third-order valence-corrected chi connectivity index (χ3v) is 3.56. The van der Waals surface area contributed by atoms with Crippen molar-refractivity contribution in [2.75, 3.05) is 26.3 Å². The van der Waals surface area contributed by atoms with Crippen LogP contribution in [-0.2, 0) is 9.53 Å². The van der Waals surface area contributed by atoms with Crippen molar-refractivity contribution in [2.45, 2.75) is 31.7 Å². The summed E-state index contributed by atoms with van der Waals surface area (Å²) in [5.74, 6) is 0.396. The zero-order chi connectivity index (χ0) is 12.1. The molecule has 6 heteroatoms. The van der Waals surface area contributed by atoms with Gasteiger partial charge in [0.25, 0.3) is 0 Å². The van der Waals surface area contributed by atoms with Gasteiger partial charge in [0.2, 0.25) is 5.91 Å². The molecule has 94 valence electrons. The number of hydrogen-bond donors (Lipinski definition) is 0. The molecule has 0 saturated carbocycles. The standard InChI is InChI=1S/C11H18N4O2/c12-14-13-10-1-5-15(6-2-10)11(16)9-3-7-17-8-4-9/h9-10H,1-8H2. The Morgan fingerprint density at radius 2 is 1.88 bits per heavy atom. The average molecular weight is 238 g/mol. The first-order valence-corrected chi connectivity index (χ1v) is 6.22. The summed E-state index contributed by atoms with van der Waals surface area (Å²) in [4.78, 5) is 16.9. The van der Waals surface area contributed by atoms with Gasteiger partial charge in [-0.3, -0.25) is 4.79 Å². The number of azide groups is 1. The maximum absolute atomic E-state index is 12.2. The number of rotatable bonds is 2. The molecule has 2 heterocycles. The fourth-order valence-corrected chi connectivity index (χ4v) is 2.48. The van der Waals surface area contributed by atoms with Crippen LogP contribution in [-0.4, -0.2) is 43.2 Å². The Labute approximate surface area is 101 Å². The lowest BCUT2D eigenvalue weighted by molar-refractivity contribution is -0.139. The third kappa shape index (κ3) is 3.11. The van der Waals surface area contributed by atoms with Crippen molar-refractivity contribution in [3.8, 4) is 0 Å². The number of piperidine rings is 1. The molecule has 2 aliphatic heterocycles. The molecule has 6 nitrogen and oxygen atoms in total. The highest BCUT2D eigenvalue weighted by molar-refractivity contribution is 5.79. The molecular weight excluding hydrogens is 220 g/mol. The summed E-state index contributed by atoms with van der Waals surface area (Å²) in [5, 5.41) is 3.71. The van der Waals surface area contributed by atoms with E-state index in [0.717, 1.165) is 38.8 Å². The number of hydrogen-bond acceptors (Lipinski definition) is 3. The lowest BCUT2D eigenvalue weighted by Gasteiger charge is -2.33. The van der Waals surface area contributed by atoms with Gasteiger partial charge in [-0.2, -0.15) is 0 Å². The lowest BCUT2D eigenvalue weighted by Crippen LogP contribution is -2.43. The molecule has 17 heavy (non-hydrogen) atoms. The minimum absolute atomic E-state index is 0.0683. The van der Waals surface area contributed by atoms with E-state index >= 15 is 0 Å². The second kappa shape index (κ2) is 5.89. The van der Waals surface area contributed by atoms with Crippen LogP contribution < -0.4 is 0 Å². The summed E-state index contributed by atoms with van der Waals surface area (Å²) in [5.41, 5.74) is 8.36. The molecule has 2 aliphatic rings. The van der Waals surface area contributed by atoms with Crippen LogP contribution in [0, 0.1) is 5.92 Å². The monoisotopic (exact) mass is 238 g/mol. The van der Waals surface area contributed by atoms with E-state index in [0.29, 0.717) is 13.2 Å². The number of carbonyl (C=O) groups is 1. The Morgan fingerprint density at radius 1 is 1.24 bits per heavy atom. The van der Waals surface area contributed by atoms with Crippen LogP contribution in [0.1, 0.15) is 25.7 Å². The molecule has 0 unspecified atom stereocenters. The van der Waals surface area contributed by atoms with Crippen molar-refractivity contribution >= 4 is 5.91 Å². The van der Waals surface area contributed by atoms with Crippen molar-refractivity contribution in [1.82, 2.24) is 4.90 Å². The maximum Gasteiger partial charge on any atom is 0.225 e. The lowest BCUT2D eigenvalue weighted by atomic mass is 9.96. The van der Waals surface area contributed by atoms with E-state index in [1.54, 1.807) is 0 Å². The molecule has 0 aromatic carbocycles. The molecule has 0 aliphatic carbocycles. The Morgan fingerprint density at radius 3 is 2.47 bits per heavy atom. The van der Waals surface area contributed by atoms with Gasteiger partial charge < -0.3 is 9.64 Å². The number of carbonyl (C=O) groups excluding carboxylic acids is 1. The van der Waals surface area contributed by atoms with Gasteiger partial charge in [0, 0.05) is 43.2 Å². The first-order valence-electron chi connectivity index (χ1n) is 6.22. The van der Waals surface area contributed by atoms with Gasteiger partial charge in [0.15, 0.2) is 0 Å².